The Morgan fingerprint density at radius 2 is 2.17 bits per heavy atom. The molecule has 0 saturated heterocycles. The molecular formula is C11H13Cl. The van der Waals surface area contributed by atoms with Gasteiger partial charge >= 0.3 is 0 Å². The average Bonchev–Trinajstić information content (AvgIpc) is 2.50. The third kappa shape index (κ3) is 1.36. The normalized spacial score (nSPS) is 20.9. The van der Waals surface area contributed by atoms with Crippen molar-refractivity contribution in [1.82, 2.24) is 0 Å². The van der Waals surface area contributed by atoms with Gasteiger partial charge in [-0.05, 0) is 36.3 Å². The van der Waals surface area contributed by atoms with E-state index >= 15 is 0 Å². The first kappa shape index (κ1) is 8.12. The lowest BCUT2D eigenvalue weighted by Crippen LogP contribution is -1.93. The van der Waals surface area contributed by atoms with E-state index < -0.39 is 0 Å². The zero-order valence-corrected chi connectivity index (χ0v) is 7.85. The molecule has 1 aromatic carbocycles. The Morgan fingerprint density at radius 3 is 3.00 bits per heavy atom. The molecule has 0 radical (unpaired) electrons. The van der Waals surface area contributed by atoms with Crippen molar-refractivity contribution in [2.24, 2.45) is 0 Å². The summed E-state index contributed by atoms with van der Waals surface area (Å²) in [6, 6.07) is 8.75. The van der Waals surface area contributed by atoms with E-state index in [9.17, 15) is 0 Å². The number of hydrogen-bond donors (Lipinski definition) is 0. The van der Waals surface area contributed by atoms with E-state index in [2.05, 4.69) is 24.3 Å². The standard InChI is InChI=1S/C11H13Cl/c12-8-7-10-6-5-9-3-1-2-4-11(9)10/h1-4,10H,5-8H2. The van der Waals surface area contributed by atoms with Crippen LogP contribution in [0.3, 0.4) is 0 Å². The summed E-state index contributed by atoms with van der Waals surface area (Å²) in [4.78, 5) is 0. The summed E-state index contributed by atoms with van der Waals surface area (Å²) >= 11 is 5.75. The second-order valence-electron chi connectivity index (χ2n) is 3.41. The van der Waals surface area contributed by atoms with E-state index in [-0.39, 0.29) is 0 Å². The molecule has 1 aliphatic carbocycles. The molecule has 1 aromatic rings. The quantitative estimate of drug-likeness (QED) is 0.613. The van der Waals surface area contributed by atoms with Crippen molar-refractivity contribution in [3.63, 3.8) is 0 Å². The van der Waals surface area contributed by atoms with Crippen LogP contribution in [0.25, 0.3) is 0 Å². The van der Waals surface area contributed by atoms with Crippen LogP contribution < -0.4 is 0 Å². The Hall–Kier alpha value is -0.490. The van der Waals surface area contributed by atoms with Gasteiger partial charge in [-0.15, -0.1) is 11.6 Å². The predicted octanol–water partition coefficient (Wildman–Crippen LogP) is 3.35. The van der Waals surface area contributed by atoms with Gasteiger partial charge in [0.25, 0.3) is 0 Å². The highest BCUT2D eigenvalue weighted by Crippen LogP contribution is 2.35. The van der Waals surface area contributed by atoms with Gasteiger partial charge < -0.3 is 0 Å². The lowest BCUT2D eigenvalue weighted by molar-refractivity contribution is 0.659. The van der Waals surface area contributed by atoms with E-state index in [1.165, 1.54) is 24.0 Å². The molecule has 0 nitrogen and oxygen atoms in total. The molecule has 1 unspecified atom stereocenters. The number of alkyl halides is 1. The molecule has 0 saturated carbocycles. The molecule has 0 aromatic heterocycles. The van der Waals surface area contributed by atoms with E-state index in [1.54, 1.807) is 0 Å². The minimum absolute atomic E-state index is 0.735. The van der Waals surface area contributed by atoms with Crippen LogP contribution in [0.1, 0.15) is 29.9 Å². The van der Waals surface area contributed by atoms with Crippen LogP contribution in [0, 0.1) is 0 Å². The number of rotatable bonds is 2. The van der Waals surface area contributed by atoms with E-state index in [1.807, 2.05) is 0 Å². The molecule has 12 heavy (non-hydrogen) atoms. The largest absolute Gasteiger partial charge is 0.127 e. The Bertz CT molecular complexity index is 265. The number of hydrogen-bond acceptors (Lipinski definition) is 0. The summed E-state index contributed by atoms with van der Waals surface area (Å²) < 4.78 is 0. The summed E-state index contributed by atoms with van der Waals surface area (Å²) in [7, 11) is 0. The molecule has 0 bridgehead atoms. The molecular weight excluding hydrogens is 168 g/mol. The van der Waals surface area contributed by atoms with Crippen molar-refractivity contribution in [3.8, 4) is 0 Å². The van der Waals surface area contributed by atoms with Crippen molar-refractivity contribution < 1.29 is 0 Å². The van der Waals surface area contributed by atoms with E-state index in [0.717, 1.165) is 18.2 Å². The van der Waals surface area contributed by atoms with Crippen molar-refractivity contribution in [2.75, 3.05) is 5.88 Å². The summed E-state index contributed by atoms with van der Waals surface area (Å²) in [5, 5.41) is 0. The van der Waals surface area contributed by atoms with Crippen molar-refractivity contribution in [3.05, 3.63) is 35.4 Å². The van der Waals surface area contributed by atoms with Gasteiger partial charge in [-0.2, -0.15) is 0 Å². The molecule has 0 N–H and O–H groups in total. The molecule has 0 amide bonds. The van der Waals surface area contributed by atoms with Crippen LogP contribution in [-0.4, -0.2) is 5.88 Å². The maximum absolute atomic E-state index is 5.75. The average molecular weight is 181 g/mol. The molecule has 0 fully saturated rings. The van der Waals surface area contributed by atoms with Crippen molar-refractivity contribution in [2.45, 2.75) is 25.2 Å². The monoisotopic (exact) mass is 180 g/mol. The van der Waals surface area contributed by atoms with Gasteiger partial charge in [-0.25, -0.2) is 0 Å². The van der Waals surface area contributed by atoms with Crippen LogP contribution in [0.4, 0.5) is 0 Å². The smallest absolute Gasteiger partial charge is 0.0229 e. The van der Waals surface area contributed by atoms with Crippen LogP contribution in [0.5, 0.6) is 0 Å². The fourth-order valence-corrected chi connectivity index (χ4v) is 2.34. The maximum atomic E-state index is 5.75. The van der Waals surface area contributed by atoms with Crippen LogP contribution in [-0.2, 0) is 6.42 Å². The Kier molecular flexibility index (Phi) is 2.36. The fourth-order valence-electron chi connectivity index (χ4n) is 2.08. The molecule has 0 heterocycles. The summed E-state index contributed by atoms with van der Waals surface area (Å²) in [5.74, 6) is 1.53. The zero-order valence-electron chi connectivity index (χ0n) is 7.09. The number of aryl methyl sites for hydroxylation is 1. The van der Waals surface area contributed by atoms with Crippen LogP contribution in [0.15, 0.2) is 24.3 Å². The SMILES string of the molecule is ClCCC1CCc2ccccc21. The lowest BCUT2D eigenvalue weighted by Gasteiger charge is -2.07. The second kappa shape index (κ2) is 3.49. The molecule has 0 spiro atoms. The van der Waals surface area contributed by atoms with Gasteiger partial charge in [0.15, 0.2) is 0 Å². The first-order chi connectivity index (χ1) is 5.92. The third-order valence-electron chi connectivity index (χ3n) is 2.71. The molecule has 1 heteroatoms. The Balaban J connectivity index is 2.24. The van der Waals surface area contributed by atoms with Crippen LogP contribution >= 0.6 is 11.6 Å². The Morgan fingerprint density at radius 1 is 1.33 bits per heavy atom. The maximum Gasteiger partial charge on any atom is 0.0229 e. The lowest BCUT2D eigenvalue weighted by atomic mass is 9.99. The minimum Gasteiger partial charge on any atom is -0.127 e. The van der Waals surface area contributed by atoms with E-state index in [0.29, 0.717) is 0 Å². The van der Waals surface area contributed by atoms with Gasteiger partial charge in [0.2, 0.25) is 0 Å². The highest BCUT2D eigenvalue weighted by Gasteiger charge is 2.20. The molecule has 1 atom stereocenters. The summed E-state index contributed by atoms with van der Waals surface area (Å²) in [5.41, 5.74) is 3.07. The van der Waals surface area contributed by atoms with Crippen molar-refractivity contribution in [1.29, 1.82) is 0 Å². The van der Waals surface area contributed by atoms with Gasteiger partial charge in [-0.1, -0.05) is 24.3 Å². The van der Waals surface area contributed by atoms with Gasteiger partial charge in [0.05, 0.1) is 0 Å². The predicted molar refractivity (Wildman–Crippen MR) is 52.8 cm³/mol. The van der Waals surface area contributed by atoms with Gasteiger partial charge in [-0.3, -0.25) is 0 Å². The first-order valence-corrected chi connectivity index (χ1v) is 5.09. The highest BCUT2D eigenvalue weighted by molar-refractivity contribution is 6.17. The molecule has 2 rings (SSSR count). The fraction of sp³-hybridized carbons (Fsp3) is 0.455. The summed E-state index contributed by atoms with van der Waals surface area (Å²) in [6.45, 7) is 0. The Labute approximate surface area is 78.6 Å². The zero-order chi connectivity index (χ0) is 8.39. The first-order valence-electron chi connectivity index (χ1n) is 4.55. The van der Waals surface area contributed by atoms with E-state index in [4.69, 9.17) is 11.6 Å². The minimum atomic E-state index is 0.735. The van der Waals surface area contributed by atoms with Gasteiger partial charge in [0, 0.05) is 5.88 Å². The molecule has 0 aliphatic heterocycles. The number of halogens is 1. The van der Waals surface area contributed by atoms with Crippen molar-refractivity contribution >= 4 is 11.6 Å². The van der Waals surface area contributed by atoms with Gasteiger partial charge in [0.1, 0.15) is 0 Å². The second-order valence-corrected chi connectivity index (χ2v) is 3.79. The van der Waals surface area contributed by atoms with Crippen LogP contribution in [0.2, 0.25) is 0 Å². The molecule has 1 aliphatic rings. The number of fused-ring (bicyclic) bond motifs is 1. The topological polar surface area (TPSA) is 0 Å². The molecule has 64 valence electrons. The third-order valence-corrected chi connectivity index (χ3v) is 2.93. The number of benzene rings is 1. The summed E-state index contributed by atoms with van der Waals surface area (Å²) in [6.07, 6.45) is 3.68. The highest BCUT2D eigenvalue weighted by atomic mass is 35.5.